The van der Waals surface area contributed by atoms with Crippen LogP contribution in [0.5, 0.6) is 0 Å². The normalized spacial score (nSPS) is 11.4. The molecule has 2 aromatic carbocycles. The van der Waals surface area contributed by atoms with E-state index < -0.39 is 10.0 Å². The van der Waals surface area contributed by atoms with Crippen LogP contribution in [0.3, 0.4) is 0 Å². The highest BCUT2D eigenvalue weighted by Crippen LogP contribution is 2.12. The fraction of sp³-hybridized carbons (Fsp3) is 0.143. The molecule has 2 rings (SSSR count). The van der Waals surface area contributed by atoms with Crippen molar-refractivity contribution in [1.29, 1.82) is 0 Å². The van der Waals surface area contributed by atoms with Gasteiger partial charge in [0.15, 0.2) is 0 Å². The van der Waals surface area contributed by atoms with Gasteiger partial charge in [-0.1, -0.05) is 35.9 Å². The molecule has 0 saturated carbocycles. The van der Waals surface area contributed by atoms with E-state index in [0.717, 1.165) is 5.56 Å². The van der Waals surface area contributed by atoms with Gasteiger partial charge in [-0.25, -0.2) is 13.1 Å². The van der Waals surface area contributed by atoms with Gasteiger partial charge in [-0.3, -0.25) is 0 Å². The molecule has 0 unspecified atom stereocenters. The fourth-order valence-corrected chi connectivity index (χ4v) is 3.11. The molecule has 3 N–H and O–H groups in total. The van der Waals surface area contributed by atoms with Gasteiger partial charge in [-0.2, -0.15) is 0 Å². The molecule has 0 fully saturated rings. The summed E-state index contributed by atoms with van der Waals surface area (Å²) in [6.45, 7) is 0.214. The average molecular weight is 311 g/mol. The van der Waals surface area contributed by atoms with Gasteiger partial charge in [0.1, 0.15) is 0 Å². The van der Waals surface area contributed by atoms with E-state index in [1.807, 2.05) is 6.07 Å². The first-order valence-corrected chi connectivity index (χ1v) is 8.04. The number of sulfonamides is 1. The van der Waals surface area contributed by atoms with Crippen molar-refractivity contribution in [1.82, 2.24) is 4.72 Å². The number of hydrogen-bond acceptors (Lipinski definition) is 3. The molecule has 0 aromatic heterocycles. The quantitative estimate of drug-likeness (QED) is 0.834. The summed E-state index contributed by atoms with van der Waals surface area (Å²) in [7, 11) is -3.41. The number of nitrogens with two attached hydrogens (primary N) is 1. The second kappa shape index (κ2) is 6.26. The van der Waals surface area contributed by atoms with Crippen LogP contribution in [-0.4, -0.2) is 8.42 Å². The maximum atomic E-state index is 12.0. The van der Waals surface area contributed by atoms with E-state index in [1.165, 1.54) is 0 Å². The van der Waals surface area contributed by atoms with Crippen molar-refractivity contribution in [2.75, 3.05) is 5.73 Å². The number of halogens is 1. The zero-order chi connectivity index (χ0) is 14.6. The first kappa shape index (κ1) is 14.8. The van der Waals surface area contributed by atoms with Crippen molar-refractivity contribution >= 4 is 27.3 Å². The second-order valence-electron chi connectivity index (χ2n) is 4.46. The Balaban J connectivity index is 2.01. The highest BCUT2D eigenvalue weighted by atomic mass is 35.5. The van der Waals surface area contributed by atoms with Crippen LogP contribution < -0.4 is 10.5 Å². The molecule has 0 aliphatic carbocycles. The van der Waals surface area contributed by atoms with Crippen molar-refractivity contribution in [2.45, 2.75) is 12.3 Å². The Kier molecular flexibility index (Phi) is 4.65. The van der Waals surface area contributed by atoms with E-state index in [2.05, 4.69) is 4.72 Å². The molecule has 4 nitrogen and oxygen atoms in total. The Bertz CT molecular complexity index is 702. The number of nitrogen functional groups attached to an aromatic ring is 1. The fourth-order valence-electron chi connectivity index (χ4n) is 1.79. The zero-order valence-corrected chi connectivity index (χ0v) is 12.3. The van der Waals surface area contributed by atoms with Crippen LogP contribution in [0.25, 0.3) is 0 Å². The van der Waals surface area contributed by atoms with Crippen molar-refractivity contribution in [3.05, 3.63) is 64.7 Å². The van der Waals surface area contributed by atoms with Crippen molar-refractivity contribution in [3.8, 4) is 0 Å². The summed E-state index contributed by atoms with van der Waals surface area (Å²) in [5.41, 5.74) is 7.65. The molecule has 0 aliphatic heterocycles. The Labute approximate surface area is 123 Å². The van der Waals surface area contributed by atoms with Crippen molar-refractivity contribution in [2.24, 2.45) is 0 Å². The Hall–Kier alpha value is -1.56. The topological polar surface area (TPSA) is 72.2 Å². The SMILES string of the molecule is Nc1cccc(CS(=O)(=O)NCc2cccc(Cl)c2)c1. The summed E-state index contributed by atoms with van der Waals surface area (Å²) in [6.07, 6.45) is 0. The molecule has 0 amide bonds. The summed E-state index contributed by atoms with van der Waals surface area (Å²) >= 11 is 5.85. The zero-order valence-electron chi connectivity index (χ0n) is 10.7. The van der Waals surface area contributed by atoms with E-state index >= 15 is 0 Å². The molecule has 0 spiro atoms. The largest absolute Gasteiger partial charge is 0.399 e. The summed E-state index contributed by atoms with van der Waals surface area (Å²) in [5.74, 6) is -0.0986. The van der Waals surface area contributed by atoms with E-state index in [-0.39, 0.29) is 12.3 Å². The molecule has 0 bridgehead atoms. The highest BCUT2D eigenvalue weighted by molar-refractivity contribution is 7.88. The molecule has 20 heavy (non-hydrogen) atoms. The number of nitrogens with one attached hydrogen (secondary N) is 1. The predicted octanol–water partition coefficient (Wildman–Crippen LogP) is 2.54. The van der Waals surface area contributed by atoms with Crippen molar-refractivity contribution in [3.63, 3.8) is 0 Å². The lowest BCUT2D eigenvalue weighted by Crippen LogP contribution is -2.24. The van der Waals surface area contributed by atoms with Gasteiger partial charge < -0.3 is 5.73 Å². The molecule has 0 aliphatic rings. The predicted molar refractivity (Wildman–Crippen MR) is 81.8 cm³/mol. The van der Waals surface area contributed by atoms with Gasteiger partial charge in [0.2, 0.25) is 10.0 Å². The number of anilines is 1. The van der Waals surface area contributed by atoms with Crippen LogP contribution in [0, 0.1) is 0 Å². The van der Waals surface area contributed by atoms with Crippen LogP contribution in [0.1, 0.15) is 11.1 Å². The maximum Gasteiger partial charge on any atom is 0.216 e. The molecular formula is C14H15ClN2O2S. The van der Waals surface area contributed by atoms with E-state index in [9.17, 15) is 8.42 Å². The van der Waals surface area contributed by atoms with Gasteiger partial charge in [-0.15, -0.1) is 0 Å². The minimum Gasteiger partial charge on any atom is -0.399 e. The Morgan fingerprint density at radius 3 is 2.45 bits per heavy atom. The maximum absolute atomic E-state index is 12.0. The number of rotatable bonds is 5. The molecule has 0 heterocycles. The standard InChI is InChI=1S/C14H15ClN2O2S/c15-13-5-1-3-11(7-13)9-17-20(18,19)10-12-4-2-6-14(16)8-12/h1-8,17H,9-10,16H2. The van der Waals surface area contributed by atoms with Gasteiger partial charge in [-0.05, 0) is 35.4 Å². The summed E-state index contributed by atoms with van der Waals surface area (Å²) in [4.78, 5) is 0. The molecule has 106 valence electrons. The van der Waals surface area contributed by atoms with Crippen LogP contribution in [0.4, 0.5) is 5.69 Å². The minimum atomic E-state index is -3.41. The van der Waals surface area contributed by atoms with E-state index in [1.54, 1.807) is 42.5 Å². The molecule has 0 atom stereocenters. The molecule has 0 radical (unpaired) electrons. The monoisotopic (exact) mass is 310 g/mol. The summed E-state index contributed by atoms with van der Waals surface area (Å²) in [6, 6.07) is 13.9. The van der Waals surface area contributed by atoms with E-state index in [4.69, 9.17) is 17.3 Å². The summed E-state index contributed by atoms with van der Waals surface area (Å²) in [5, 5.41) is 0.581. The Morgan fingerprint density at radius 1 is 1.05 bits per heavy atom. The molecule has 2 aromatic rings. The third-order valence-corrected chi connectivity index (χ3v) is 4.23. The second-order valence-corrected chi connectivity index (χ2v) is 6.70. The molecular weight excluding hydrogens is 296 g/mol. The highest BCUT2D eigenvalue weighted by Gasteiger charge is 2.11. The third kappa shape index (κ3) is 4.52. The van der Waals surface area contributed by atoms with Gasteiger partial charge >= 0.3 is 0 Å². The first-order valence-electron chi connectivity index (χ1n) is 6.01. The molecule has 0 saturated heterocycles. The van der Waals surface area contributed by atoms with Crippen LogP contribution in [0.2, 0.25) is 5.02 Å². The van der Waals surface area contributed by atoms with Gasteiger partial charge in [0, 0.05) is 17.3 Å². The Morgan fingerprint density at radius 2 is 1.75 bits per heavy atom. The van der Waals surface area contributed by atoms with Gasteiger partial charge in [0.05, 0.1) is 5.75 Å². The average Bonchev–Trinajstić information content (AvgIpc) is 2.36. The number of benzene rings is 2. The first-order chi connectivity index (χ1) is 9.44. The minimum absolute atomic E-state index is 0.0986. The third-order valence-electron chi connectivity index (χ3n) is 2.69. The summed E-state index contributed by atoms with van der Waals surface area (Å²) < 4.78 is 26.5. The molecule has 6 heteroatoms. The number of hydrogen-bond donors (Lipinski definition) is 2. The van der Waals surface area contributed by atoms with Crippen LogP contribution >= 0.6 is 11.6 Å². The smallest absolute Gasteiger partial charge is 0.216 e. The van der Waals surface area contributed by atoms with Crippen LogP contribution in [0.15, 0.2) is 48.5 Å². The van der Waals surface area contributed by atoms with E-state index in [0.29, 0.717) is 16.3 Å². The van der Waals surface area contributed by atoms with Crippen LogP contribution in [-0.2, 0) is 22.3 Å². The van der Waals surface area contributed by atoms with Crippen molar-refractivity contribution < 1.29 is 8.42 Å². The van der Waals surface area contributed by atoms with Gasteiger partial charge in [0.25, 0.3) is 0 Å². The lowest BCUT2D eigenvalue weighted by molar-refractivity contribution is 0.580. The lowest BCUT2D eigenvalue weighted by atomic mass is 10.2. The lowest BCUT2D eigenvalue weighted by Gasteiger charge is -2.07.